The number of benzene rings is 2. The standard InChI is InChI=1S/C23H19FN2O4/c1-28-20-10-6-17(7-11-20)22-13-19(25-30-22)15-26(23(27)21-3-2-12-29-21)14-16-4-8-18(24)9-5-16/h2-13H,14-15H2,1H3. The Morgan fingerprint density at radius 2 is 1.83 bits per heavy atom. The fourth-order valence-corrected chi connectivity index (χ4v) is 3.04. The van der Waals surface area contributed by atoms with Crippen molar-refractivity contribution in [1.82, 2.24) is 10.1 Å². The molecule has 6 nitrogen and oxygen atoms in total. The minimum atomic E-state index is -0.330. The molecule has 0 unspecified atom stereocenters. The molecule has 30 heavy (non-hydrogen) atoms. The van der Waals surface area contributed by atoms with Crippen LogP contribution in [0.2, 0.25) is 0 Å². The molecular formula is C23H19FN2O4. The monoisotopic (exact) mass is 406 g/mol. The van der Waals surface area contributed by atoms with Crippen LogP contribution < -0.4 is 4.74 Å². The van der Waals surface area contributed by atoms with Crippen LogP contribution in [0.5, 0.6) is 5.75 Å². The lowest BCUT2D eigenvalue weighted by Gasteiger charge is -2.20. The number of aromatic nitrogens is 1. The number of nitrogens with zero attached hydrogens (tertiary/aromatic N) is 2. The van der Waals surface area contributed by atoms with Crippen LogP contribution >= 0.6 is 0 Å². The minimum Gasteiger partial charge on any atom is -0.497 e. The Labute approximate surface area is 172 Å². The van der Waals surface area contributed by atoms with Gasteiger partial charge in [0.05, 0.1) is 19.9 Å². The molecule has 0 spiro atoms. The number of rotatable bonds is 7. The molecule has 0 aliphatic heterocycles. The SMILES string of the molecule is COc1ccc(-c2cc(CN(Cc3ccc(F)cc3)C(=O)c3ccco3)no2)cc1. The van der Waals surface area contributed by atoms with Crippen LogP contribution in [0.1, 0.15) is 21.8 Å². The van der Waals surface area contributed by atoms with Crippen molar-refractivity contribution in [2.75, 3.05) is 7.11 Å². The number of halogens is 1. The fourth-order valence-electron chi connectivity index (χ4n) is 3.04. The van der Waals surface area contributed by atoms with Crippen LogP contribution in [0.25, 0.3) is 11.3 Å². The first-order chi connectivity index (χ1) is 14.6. The number of carbonyl (C=O) groups is 1. The molecule has 7 heteroatoms. The smallest absolute Gasteiger partial charge is 0.290 e. The van der Waals surface area contributed by atoms with Gasteiger partial charge in [-0.25, -0.2) is 4.39 Å². The fraction of sp³-hybridized carbons (Fsp3) is 0.130. The van der Waals surface area contributed by atoms with E-state index in [2.05, 4.69) is 5.16 Å². The summed E-state index contributed by atoms with van der Waals surface area (Å²) in [5.41, 5.74) is 2.22. The molecule has 2 aromatic carbocycles. The van der Waals surface area contributed by atoms with Gasteiger partial charge >= 0.3 is 0 Å². The van der Waals surface area contributed by atoms with E-state index in [4.69, 9.17) is 13.7 Å². The second-order valence-corrected chi connectivity index (χ2v) is 6.68. The van der Waals surface area contributed by atoms with Crippen LogP contribution in [0.15, 0.2) is 81.9 Å². The Morgan fingerprint density at radius 1 is 1.07 bits per heavy atom. The van der Waals surface area contributed by atoms with E-state index >= 15 is 0 Å². The number of hydrogen-bond donors (Lipinski definition) is 0. The molecule has 0 atom stereocenters. The average Bonchev–Trinajstić information content (AvgIpc) is 3.47. The average molecular weight is 406 g/mol. The van der Waals surface area contributed by atoms with E-state index in [1.54, 1.807) is 42.3 Å². The van der Waals surface area contributed by atoms with Crippen molar-refractivity contribution in [2.24, 2.45) is 0 Å². The van der Waals surface area contributed by atoms with Crippen molar-refractivity contribution in [2.45, 2.75) is 13.1 Å². The van der Waals surface area contributed by atoms with Gasteiger partial charge in [-0.1, -0.05) is 17.3 Å². The van der Waals surface area contributed by atoms with E-state index in [0.29, 0.717) is 11.5 Å². The second-order valence-electron chi connectivity index (χ2n) is 6.68. The Kier molecular flexibility index (Phi) is 5.61. The van der Waals surface area contributed by atoms with Crippen molar-refractivity contribution in [3.63, 3.8) is 0 Å². The lowest BCUT2D eigenvalue weighted by Crippen LogP contribution is -2.30. The summed E-state index contributed by atoms with van der Waals surface area (Å²) in [5.74, 6) is 0.922. The Hall–Kier alpha value is -3.87. The van der Waals surface area contributed by atoms with E-state index in [1.165, 1.54) is 18.4 Å². The predicted molar refractivity (Wildman–Crippen MR) is 107 cm³/mol. The highest BCUT2D eigenvalue weighted by atomic mass is 19.1. The normalized spacial score (nSPS) is 10.7. The maximum Gasteiger partial charge on any atom is 0.290 e. The second kappa shape index (κ2) is 8.65. The third-order valence-corrected chi connectivity index (χ3v) is 4.59. The first-order valence-corrected chi connectivity index (χ1v) is 9.29. The van der Waals surface area contributed by atoms with Crippen LogP contribution in [-0.4, -0.2) is 23.1 Å². The van der Waals surface area contributed by atoms with Gasteiger partial charge in [0.25, 0.3) is 5.91 Å². The van der Waals surface area contributed by atoms with E-state index in [1.807, 2.05) is 24.3 Å². The van der Waals surface area contributed by atoms with Crippen molar-refractivity contribution in [3.05, 3.63) is 95.8 Å². The quantitative estimate of drug-likeness (QED) is 0.436. The molecule has 0 radical (unpaired) electrons. The summed E-state index contributed by atoms with van der Waals surface area (Å²) in [5, 5.41) is 4.10. The molecule has 0 N–H and O–H groups in total. The zero-order valence-corrected chi connectivity index (χ0v) is 16.2. The maximum atomic E-state index is 13.2. The number of methoxy groups -OCH3 is 1. The predicted octanol–water partition coefficient (Wildman–Crippen LogP) is 4.92. The Morgan fingerprint density at radius 3 is 2.50 bits per heavy atom. The highest BCUT2D eigenvalue weighted by Crippen LogP contribution is 2.24. The number of hydrogen-bond acceptors (Lipinski definition) is 5. The Bertz CT molecular complexity index is 1100. The molecule has 0 bridgehead atoms. The van der Waals surface area contributed by atoms with Crippen LogP contribution in [0, 0.1) is 5.82 Å². The van der Waals surface area contributed by atoms with E-state index < -0.39 is 0 Å². The van der Waals surface area contributed by atoms with Crippen molar-refractivity contribution >= 4 is 5.91 Å². The third kappa shape index (κ3) is 4.41. The summed E-state index contributed by atoms with van der Waals surface area (Å²) in [6, 6.07) is 18.5. The maximum absolute atomic E-state index is 13.2. The number of ether oxygens (including phenoxy) is 1. The molecule has 0 aliphatic carbocycles. The molecule has 0 aliphatic rings. The highest BCUT2D eigenvalue weighted by molar-refractivity contribution is 5.91. The largest absolute Gasteiger partial charge is 0.497 e. The van der Waals surface area contributed by atoms with Gasteiger partial charge in [-0.05, 0) is 54.1 Å². The molecule has 0 fully saturated rings. The summed E-state index contributed by atoms with van der Waals surface area (Å²) in [7, 11) is 1.60. The zero-order chi connectivity index (χ0) is 20.9. The summed E-state index contributed by atoms with van der Waals surface area (Å²) < 4.78 is 29.1. The van der Waals surface area contributed by atoms with Crippen LogP contribution in [0.4, 0.5) is 4.39 Å². The summed E-state index contributed by atoms with van der Waals surface area (Å²) in [6.45, 7) is 0.473. The molecule has 0 saturated heterocycles. The van der Waals surface area contributed by atoms with E-state index in [0.717, 1.165) is 16.9 Å². The summed E-state index contributed by atoms with van der Waals surface area (Å²) in [6.07, 6.45) is 1.45. The van der Waals surface area contributed by atoms with E-state index in [9.17, 15) is 9.18 Å². The van der Waals surface area contributed by atoms with Gasteiger partial charge in [0.15, 0.2) is 11.5 Å². The highest BCUT2D eigenvalue weighted by Gasteiger charge is 2.21. The van der Waals surface area contributed by atoms with Gasteiger partial charge in [-0.3, -0.25) is 4.79 Å². The molecule has 4 aromatic rings. The third-order valence-electron chi connectivity index (χ3n) is 4.59. The van der Waals surface area contributed by atoms with Gasteiger partial charge in [-0.15, -0.1) is 0 Å². The lowest BCUT2D eigenvalue weighted by molar-refractivity contribution is 0.0694. The van der Waals surface area contributed by atoms with Crippen molar-refractivity contribution in [1.29, 1.82) is 0 Å². The van der Waals surface area contributed by atoms with Gasteiger partial charge in [0.2, 0.25) is 0 Å². The molecule has 2 aromatic heterocycles. The minimum absolute atomic E-state index is 0.205. The summed E-state index contributed by atoms with van der Waals surface area (Å²) in [4.78, 5) is 14.5. The lowest BCUT2D eigenvalue weighted by atomic mass is 10.1. The number of furan rings is 1. The first-order valence-electron chi connectivity index (χ1n) is 9.29. The molecule has 152 valence electrons. The first kappa shape index (κ1) is 19.4. The molecular weight excluding hydrogens is 387 g/mol. The molecule has 4 rings (SSSR count). The number of amides is 1. The number of carbonyl (C=O) groups excluding carboxylic acids is 1. The van der Waals surface area contributed by atoms with Gasteiger partial charge in [-0.2, -0.15) is 0 Å². The summed E-state index contributed by atoms with van der Waals surface area (Å²) >= 11 is 0. The van der Waals surface area contributed by atoms with Gasteiger partial charge in [0, 0.05) is 18.2 Å². The molecule has 2 heterocycles. The van der Waals surface area contributed by atoms with Crippen molar-refractivity contribution < 1.29 is 22.9 Å². The Balaban J connectivity index is 1.55. The van der Waals surface area contributed by atoms with Crippen LogP contribution in [-0.2, 0) is 13.1 Å². The molecule has 1 amide bonds. The van der Waals surface area contributed by atoms with Crippen LogP contribution in [0.3, 0.4) is 0 Å². The van der Waals surface area contributed by atoms with E-state index in [-0.39, 0.29) is 30.6 Å². The topological polar surface area (TPSA) is 68.7 Å². The van der Waals surface area contributed by atoms with Gasteiger partial charge < -0.3 is 18.6 Å². The zero-order valence-electron chi connectivity index (χ0n) is 16.2. The van der Waals surface area contributed by atoms with Gasteiger partial charge in [0.1, 0.15) is 17.3 Å². The molecule has 0 saturated carbocycles. The van der Waals surface area contributed by atoms with Crippen molar-refractivity contribution in [3.8, 4) is 17.1 Å².